The Morgan fingerprint density at radius 1 is 1.47 bits per heavy atom. The standard InChI is InChI=1S/C12H17NOS/c1-3-10(8-12(13)15)14-11-7-5-4-6-9(11)2/h4-7,10H,3,8H2,1-2H3,(H2,13,15). The molecule has 0 aromatic heterocycles. The molecule has 2 N–H and O–H groups in total. The van der Waals surface area contributed by atoms with Crippen molar-refractivity contribution in [3.8, 4) is 5.75 Å². The minimum Gasteiger partial charge on any atom is -0.490 e. The zero-order valence-electron chi connectivity index (χ0n) is 9.19. The van der Waals surface area contributed by atoms with Gasteiger partial charge in [0.05, 0.1) is 4.99 Å². The first-order valence-corrected chi connectivity index (χ1v) is 5.55. The van der Waals surface area contributed by atoms with E-state index in [1.807, 2.05) is 31.2 Å². The molecule has 0 saturated carbocycles. The number of hydrogen-bond donors (Lipinski definition) is 1. The van der Waals surface area contributed by atoms with Crippen LogP contribution in [0.1, 0.15) is 25.3 Å². The summed E-state index contributed by atoms with van der Waals surface area (Å²) in [5.74, 6) is 0.917. The van der Waals surface area contributed by atoms with E-state index in [1.165, 1.54) is 0 Å². The second-order valence-corrected chi connectivity index (χ2v) is 4.11. The maximum atomic E-state index is 5.84. The van der Waals surface area contributed by atoms with Crippen LogP contribution in [0.15, 0.2) is 24.3 Å². The number of thiocarbonyl (C=S) groups is 1. The fourth-order valence-electron chi connectivity index (χ4n) is 1.36. The van der Waals surface area contributed by atoms with Gasteiger partial charge >= 0.3 is 0 Å². The van der Waals surface area contributed by atoms with Gasteiger partial charge in [0.1, 0.15) is 11.9 Å². The van der Waals surface area contributed by atoms with Crippen molar-refractivity contribution in [1.29, 1.82) is 0 Å². The van der Waals surface area contributed by atoms with Gasteiger partial charge in [0.15, 0.2) is 0 Å². The molecule has 1 aromatic carbocycles. The average Bonchev–Trinajstić information content (AvgIpc) is 2.19. The monoisotopic (exact) mass is 223 g/mol. The second kappa shape index (κ2) is 5.71. The predicted octanol–water partition coefficient (Wildman–Crippen LogP) is 2.83. The third-order valence-corrected chi connectivity index (χ3v) is 2.44. The molecule has 0 saturated heterocycles. The summed E-state index contributed by atoms with van der Waals surface area (Å²) in [4.78, 5) is 0.510. The van der Waals surface area contributed by atoms with E-state index in [0.717, 1.165) is 17.7 Å². The van der Waals surface area contributed by atoms with E-state index in [0.29, 0.717) is 11.4 Å². The fourth-order valence-corrected chi connectivity index (χ4v) is 1.55. The minimum atomic E-state index is 0.0867. The van der Waals surface area contributed by atoms with Crippen molar-refractivity contribution in [1.82, 2.24) is 0 Å². The lowest BCUT2D eigenvalue weighted by atomic mass is 10.2. The van der Waals surface area contributed by atoms with Crippen molar-refractivity contribution >= 4 is 17.2 Å². The van der Waals surface area contributed by atoms with E-state index in [4.69, 9.17) is 22.7 Å². The van der Waals surface area contributed by atoms with E-state index in [2.05, 4.69) is 6.92 Å². The van der Waals surface area contributed by atoms with Crippen molar-refractivity contribution in [2.45, 2.75) is 32.8 Å². The Morgan fingerprint density at radius 3 is 2.67 bits per heavy atom. The summed E-state index contributed by atoms with van der Waals surface area (Å²) >= 11 is 4.88. The average molecular weight is 223 g/mol. The molecule has 0 radical (unpaired) electrons. The van der Waals surface area contributed by atoms with E-state index in [9.17, 15) is 0 Å². The second-order valence-electron chi connectivity index (χ2n) is 3.58. The summed E-state index contributed by atoms with van der Waals surface area (Å²) in [6.45, 7) is 4.10. The molecule has 0 aliphatic rings. The topological polar surface area (TPSA) is 35.2 Å². The number of aryl methyl sites for hydroxylation is 1. The molecule has 2 nitrogen and oxygen atoms in total. The lowest BCUT2D eigenvalue weighted by Gasteiger charge is -2.18. The molecule has 15 heavy (non-hydrogen) atoms. The molecule has 1 rings (SSSR count). The number of ether oxygens (including phenoxy) is 1. The van der Waals surface area contributed by atoms with Crippen molar-refractivity contribution in [3.63, 3.8) is 0 Å². The molecule has 0 aliphatic heterocycles. The smallest absolute Gasteiger partial charge is 0.122 e. The lowest BCUT2D eigenvalue weighted by Crippen LogP contribution is -2.23. The van der Waals surface area contributed by atoms with Gasteiger partial charge in [-0.3, -0.25) is 0 Å². The highest BCUT2D eigenvalue weighted by Gasteiger charge is 2.10. The third kappa shape index (κ3) is 3.88. The number of nitrogens with two attached hydrogens (primary N) is 1. The SMILES string of the molecule is CCC(CC(N)=S)Oc1ccccc1C. The molecular formula is C12H17NOS. The Morgan fingerprint density at radius 2 is 2.13 bits per heavy atom. The van der Waals surface area contributed by atoms with Crippen molar-refractivity contribution in [2.75, 3.05) is 0 Å². The van der Waals surface area contributed by atoms with Crippen LogP contribution >= 0.6 is 12.2 Å². The van der Waals surface area contributed by atoms with Crippen LogP contribution in [0, 0.1) is 6.92 Å². The zero-order valence-corrected chi connectivity index (χ0v) is 10.0. The first-order valence-electron chi connectivity index (χ1n) is 5.14. The van der Waals surface area contributed by atoms with Crippen LogP contribution in [0.4, 0.5) is 0 Å². The highest BCUT2D eigenvalue weighted by molar-refractivity contribution is 7.80. The van der Waals surface area contributed by atoms with Crippen LogP contribution in [0.25, 0.3) is 0 Å². The van der Waals surface area contributed by atoms with Crippen molar-refractivity contribution in [3.05, 3.63) is 29.8 Å². The molecule has 1 aromatic rings. The first-order chi connectivity index (χ1) is 7.13. The van der Waals surface area contributed by atoms with E-state index in [-0.39, 0.29) is 6.10 Å². The van der Waals surface area contributed by atoms with E-state index in [1.54, 1.807) is 0 Å². The molecule has 1 unspecified atom stereocenters. The molecule has 82 valence electrons. The molecule has 0 heterocycles. The highest BCUT2D eigenvalue weighted by Crippen LogP contribution is 2.19. The molecule has 1 atom stereocenters. The van der Waals surface area contributed by atoms with Gasteiger partial charge in [0.2, 0.25) is 0 Å². The minimum absolute atomic E-state index is 0.0867. The normalized spacial score (nSPS) is 12.1. The van der Waals surface area contributed by atoms with Crippen LogP contribution < -0.4 is 10.5 Å². The molecule has 0 amide bonds. The summed E-state index contributed by atoms with van der Waals surface area (Å²) in [6, 6.07) is 7.97. The molecule has 0 fully saturated rings. The van der Waals surface area contributed by atoms with Crippen LogP contribution in [0.3, 0.4) is 0 Å². The van der Waals surface area contributed by atoms with Crippen molar-refractivity contribution < 1.29 is 4.74 Å². The summed E-state index contributed by atoms with van der Waals surface area (Å²) in [6.07, 6.45) is 1.63. The summed E-state index contributed by atoms with van der Waals surface area (Å²) in [5, 5.41) is 0. The van der Waals surface area contributed by atoms with Crippen LogP contribution in [-0.2, 0) is 0 Å². The number of hydrogen-bond acceptors (Lipinski definition) is 2. The molecule has 0 spiro atoms. The predicted molar refractivity (Wildman–Crippen MR) is 67.3 cm³/mol. The van der Waals surface area contributed by atoms with Gasteiger partial charge in [0, 0.05) is 6.42 Å². The Hall–Kier alpha value is -1.09. The molecule has 0 aliphatic carbocycles. The number of benzene rings is 1. The largest absolute Gasteiger partial charge is 0.490 e. The van der Waals surface area contributed by atoms with Crippen LogP contribution in [-0.4, -0.2) is 11.1 Å². The van der Waals surface area contributed by atoms with Crippen LogP contribution in [0.5, 0.6) is 5.75 Å². The first kappa shape index (κ1) is 12.0. The Kier molecular flexibility index (Phi) is 4.56. The Bertz CT molecular complexity index is 338. The fraction of sp³-hybridized carbons (Fsp3) is 0.417. The van der Waals surface area contributed by atoms with E-state index < -0.39 is 0 Å². The lowest BCUT2D eigenvalue weighted by molar-refractivity contribution is 0.204. The number of para-hydroxylation sites is 1. The third-order valence-electron chi connectivity index (χ3n) is 2.27. The van der Waals surface area contributed by atoms with Gasteiger partial charge in [-0.15, -0.1) is 0 Å². The van der Waals surface area contributed by atoms with Gasteiger partial charge in [-0.2, -0.15) is 0 Å². The quantitative estimate of drug-likeness (QED) is 0.780. The summed E-state index contributed by atoms with van der Waals surface area (Å²) < 4.78 is 5.84. The molecule has 0 bridgehead atoms. The van der Waals surface area contributed by atoms with Crippen LogP contribution in [0.2, 0.25) is 0 Å². The van der Waals surface area contributed by atoms with Gasteiger partial charge < -0.3 is 10.5 Å². The maximum Gasteiger partial charge on any atom is 0.122 e. The summed E-state index contributed by atoms with van der Waals surface area (Å²) in [5.41, 5.74) is 6.65. The number of rotatable bonds is 5. The Labute approximate surface area is 96.4 Å². The maximum absolute atomic E-state index is 5.84. The van der Waals surface area contributed by atoms with Gasteiger partial charge in [-0.1, -0.05) is 37.3 Å². The highest BCUT2D eigenvalue weighted by atomic mass is 32.1. The zero-order chi connectivity index (χ0) is 11.3. The Balaban J connectivity index is 2.66. The van der Waals surface area contributed by atoms with E-state index >= 15 is 0 Å². The van der Waals surface area contributed by atoms with Gasteiger partial charge in [0.25, 0.3) is 0 Å². The van der Waals surface area contributed by atoms with Gasteiger partial charge in [-0.25, -0.2) is 0 Å². The summed E-state index contributed by atoms with van der Waals surface area (Å²) in [7, 11) is 0. The molecular weight excluding hydrogens is 206 g/mol. The molecule has 3 heteroatoms. The van der Waals surface area contributed by atoms with Gasteiger partial charge in [-0.05, 0) is 25.0 Å². The van der Waals surface area contributed by atoms with Crippen molar-refractivity contribution in [2.24, 2.45) is 5.73 Å².